The normalized spacial score (nSPS) is 13.3. The standard InChI is InChI=1S/C14H9BrCl2F3N/c15-10-3-1-7(5-9(10)14(18,19)20)13(21)8-2-4-11(16)12(17)6-8/h1-6,13H,21H2. The third kappa shape index (κ3) is 3.72. The quantitative estimate of drug-likeness (QED) is 0.677. The summed E-state index contributed by atoms with van der Waals surface area (Å²) in [6.45, 7) is 0. The van der Waals surface area contributed by atoms with Gasteiger partial charge in [0.2, 0.25) is 0 Å². The Bertz CT molecular complexity index is 674. The van der Waals surface area contributed by atoms with Gasteiger partial charge >= 0.3 is 6.18 Å². The largest absolute Gasteiger partial charge is 0.417 e. The van der Waals surface area contributed by atoms with Gasteiger partial charge in [-0.2, -0.15) is 13.2 Å². The second-order valence-corrected chi connectivity index (χ2v) is 6.06. The van der Waals surface area contributed by atoms with Crippen LogP contribution in [-0.4, -0.2) is 0 Å². The third-order valence-corrected chi connectivity index (χ3v) is 4.39. The van der Waals surface area contributed by atoms with E-state index in [1.807, 2.05) is 0 Å². The molecule has 1 nitrogen and oxygen atoms in total. The number of nitrogens with two attached hydrogens (primary N) is 1. The van der Waals surface area contributed by atoms with Crippen LogP contribution in [0.25, 0.3) is 0 Å². The maximum absolute atomic E-state index is 12.9. The van der Waals surface area contributed by atoms with Crippen LogP contribution >= 0.6 is 39.1 Å². The highest BCUT2D eigenvalue weighted by Crippen LogP contribution is 2.37. The molecule has 0 bridgehead atoms. The maximum atomic E-state index is 12.9. The number of halogens is 6. The Morgan fingerprint density at radius 1 is 0.952 bits per heavy atom. The van der Waals surface area contributed by atoms with Crippen LogP contribution in [0.1, 0.15) is 22.7 Å². The Kier molecular flexibility index (Phi) is 4.88. The molecule has 112 valence electrons. The van der Waals surface area contributed by atoms with Crippen molar-refractivity contribution in [3.05, 3.63) is 67.6 Å². The molecule has 21 heavy (non-hydrogen) atoms. The Labute approximate surface area is 138 Å². The highest BCUT2D eigenvalue weighted by molar-refractivity contribution is 9.10. The summed E-state index contributed by atoms with van der Waals surface area (Å²) in [5.74, 6) is 0. The summed E-state index contributed by atoms with van der Waals surface area (Å²) in [6.07, 6.45) is -4.45. The molecule has 2 N–H and O–H groups in total. The zero-order valence-corrected chi connectivity index (χ0v) is 13.5. The molecule has 1 unspecified atom stereocenters. The topological polar surface area (TPSA) is 26.0 Å². The van der Waals surface area contributed by atoms with Crippen molar-refractivity contribution in [3.8, 4) is 0 Å². The molecule has 2 aromatic rings. The second-order valence-electron chi connectivity index (χ2n) is 4.39. The van der Waals surface area contributed by atoms with Gasteiger partial charge in [0.15, 0.2) is 0 Å². The highest BCUT2D eigenvalue weighted by Gasteiger charge is 2.33. The molecule has 0 aliphatic carbocycles. The summed E-state index contributed by atoms with van der Waals surface area (Å²) in [5, 5.41) is 0.664. The van der Waals surface area contributed by atoms with Crippen LogP contribution in [0, 0.1) is 0 Å². The summed E-state index contributed by atoms with van der Waals surface area (Å²) in [7, 11) is 0. The molecule has 0 heterocycles. The lowest BCUT2D eigenvalue weighted by Crippen LogP contribution is -2.14. The van der Waals surface area contributed by atoms with Crippen LogP contribution in [0.2, 0.25) is 10.0 Å². The van der Waals surface area contributed by atoms with Gasteiger partial charge in [-0.25, -0.2) is 0 Å². The van der Waals surface area contributed by atoms with Crippen LogP contribution in [0.15, 0.2) is 40.9 Å². The lowest BCUT2D eigenvalue weighted by Gasteiger charge is -2.16. The number of rotatable bonds is 2. The number of hydrogen-bond acceptors (Lipinski definition) is 1. The van der Waals surface area contributed by atoms with E-state index < -0.39 is 17.8 Å². The van der Waals surface area contributed by atoms with Gasteiger partial charge in [0.1, 0.15) is 0 Å². The van der Waals surface area contributed by atoms with Crippen molar-refractivity contribution in [1.82, 2.24) is 0 Å². The van der Waals surface area contributed by atoms with Crippen molar-refractivity contribution >= 4 is 39.1 Å². The van der Waals surface area contributed by atoms with Crippen molar-refractivity contribution in [3.63, 3.8) is 0 Å². The third-order valence-electron chi connectivity index (χ3n) is 2.96. The van der Waals surface area contributed by atoms with Crippen molar-refractivity contribution < 1.29 is 13.2 Å². The fourth-order valence-corrected chi connectivity index (χ4v) is 2.63. The van der Waals surface area contributed by atoms with Gasteiger partial charge in [-0.15, -0.1) is 0 Å². The number of benzene rings is 2. The molecule has 0 radical (unpaired) electrons. The Morgan fingerprint density at radius 3 is 2.10 bits per heavy atom. The predicted molar refractivity (Wildman–Crippen MR) is 81.6 cm³/mol. The van der Waals surface area contributed by atoms with E-state index in [2.05, 4.69) is 15.9 Å². The summed E-state index contributed by atoms with van der Waals surface area (Å²) < 4.78 is 38.7. The van der Waals surface area contributed by atoms with E-state index in [4.69, 9.17) is 28.9 Å². The van der Waals surface area contributed by atoms with Gasteiger partial charge < -0.3 is 5.73 Å². The summed E-state index contributed by atoms with van der Waals surface area (Å²) in [5.41, 5.74) is 6.17. The molecular formula is C14H9BrCl2F3N. The minimum atomic E-state index is -4.45. The molecule has 0 fully saturated rings. The fourth-order valence-electron chi connectivity index (χ4n) is 1.85. The molecule has 7 heteroatoms. The first kappa shape index (κ1) is 16.6. The molecule has 0 aromatic heterocycles. The molecule has 2 rings (SSSR count). The van der Waals surface area contributed by atoms with Gasteiger partial charge in [-0.3, -0.25) is 0 Å². The molecule has 0 saturated carbocycles. The predicted octanol–water partition coefficient (Wildman–Crippen LogP) is 5.82. The SMILES string of the molecule is NC(c1ccc(Cl)c(Cl)c1)c1ccc(Br)c(C(F)(F)F)c1. The van der Waals surface area contributed by atoms with Gasteiger partial charge in [-0.1, -0.05) is 51.3 Å². The van der Waals surface area contributed by atoms with Gasteiger partial charge in [0, 0.05) is 4.47 Å². The summed E-state index contributed by atoms with van der Waals surface area (Å²) in [4.78, 5) is 0. The molecule has 2 aromatic carbocycles. The Balaban J connectivity index is 2.44. The minimum Gasteiger partial charge on any atom is -0.320 e. The van der Waals surface area contributed by atoms with E-state index in [0.717, 1.165) is 6.07 Å². The first-order chi connectivity index (χ1) is 9.70. The van der Waals surface area contributed by atoms with E-state index >= 15 is 0 Å². The van der Waals surface area contributed by atoms with E-state index in [1.165, 1.54) is 12.1 Å². The molecule has 0 spiro atoms. The Hall–Kier alpha value is -0.750. The number of alkyl halides is 3. The lowest BCUT2D eigenvalue weighted by molar-refractivity contribution is -0.138. The van der Waals surface area contributed by atoms with Gasteiger partial charge in [0.05, 0.1) is 21.7 Å². The highest BCUT2D eigenvalue weighted by atomic mass is 79.9. The van der Waals surface area contributed by atoms with E-state index in [9.17, 15) is 13.2 Å². The van der Waals surface area contributed by atoms with Crippen LogP contribution in [0.5, 0.6) is 0 Å². The monoisotopic (exact) mass is 397 g/mol. The molecule has 0 amide bonds. The van der Waals surface area contributed by atoms with E-state index in [0.29, 0.717) is 21.2 Å². The first-order valence-corrected chi connectivity index (χ1v) is 7.32. The maximum Gasteiger partial charge on any atom is 0.417 e. The molecule has 0 saturated heterocycles. The zero-order valence-electron chi connectivity index (χ0n) is 10.4. The van der Waals surface area contributed by atoms with E-state index in [1.54, 1.807) is 18.2 Å². The smallest absolute Gasteiger partial charge is 0.320 e. The summed E-state index contributed by atoms with van der Waals surface area (Å²) in [6, 6.07) is 7.90. The first-order valence-electron chi connectivity index (χ1n) is 5.77. The average molecular weight is 399 g/mol. The zero-order chi connectivity index (χ0) is 15.8. The van der Waals surface area contributed by atoms with Crippen LogP contribution < -0.4 is 5.73 Å². The molecule has 1 atom stereocenters. The lowest BCUT2D eigenvalue weighted by atomic mass is 9.98. The van der Waals surface area contributed by atoms with Gasteiger partial charge in [0.25, 0.3) is 0 Å². The minimum absolute atomic E-state index is 0.0277. The van der Waals surface area contributed by atoms with Crippen molar-refractivity contribution in [2.24, 2.45) is 5.73 Å². The van der Waals surface area contributed by atoms with Crippen LogP contribution in [0.3, 0.4) is 0 Å². The van der Waals surface area contributed by atoms with Crippen LogP contribution in [0.4, 0.5) is 13.2 Å². The van der Waals surface area contributed by atoms with Crippen molar-refractivity contribution in [1.29, 1.82) is 0 Å². The Morgan fingerprint density at radius 2 is 1.52 bits per heavy atom. The molecular weight excluding hydrogens is 390 g/mol. The molecule has 0 aliphatic rings. The average Bonchev–Trinajstić information content (AvgIpc) is 2.40. The molecule has 0 aliphatic heterocycles. The van der Waals surface area contributed by atoms with E-state index in [-0.39, 0.29) is 4.47 Å². The van der Waals surface area contributed by atoms with Crippen molar-refractivity contribution in [2.45, 2.75) is 12.2 Å². The summed E-state index contributed by atoms with van der Waals surface area (Å²) >= 11 is 14.6. The second kappa shape index (κ2) is 6.16. The van der Waals surface area contributed by atoms with Gasteiger partial charge in [-0.05, 0) is 35.4 Å². The number of hydrogen-bond donors (Lipinski definition) is 1. The fraction of sp³-hybridized carbons (Fsp3) is 0.143. The van der Waals surface area contributed by atoms with Crippen LogP contribution in [-0.2, 0) is 6.18 Å². The van der Waals surface area contributed by atoms with Crippen molar-refractivity contribution in [2.75, 3.05) is 0 Å².